The van der Waals surface area contributed by atoms with E-state index in [9.17, 15) is 4.79 Å². The van der Waals surface area contributed by atoms with Crippen molar-refractivity contribution >= 4 is 24.0 Å². The van der Waals surface area contributed by atoms with Crippen molar-refractivity contribution in [1.29, 1.82) is 0 Å². The highest BCUT2D eigenvalue weighted by atomic mass is 35.5. The van der Waals surface area contributed by atoms with Gasteiger partial charge < -0.3 is 20.1 Å². The molecule has 27 heavy (non-hydrogen) atoms. The molecule has 0 aliphatic carbocycles. The Morgan fingerprint density at radius 3 is 2.67 bits per heavy atom. The van der Waals surface area contributed by atoms with Gasteiger partial charge in [0.25, 0.3) is 0 Å². The van der Waals surface area contributed by atoms with Gasteiger partial charge >= 0.3 is 0 Å². The van der Waals surface area contributed by atoms with Crippen LogP contribution in [0, 0.1) is 18.8 Å². The summed E-state index contributed by atoms with van der Waals surface area (Å²) in [4.78, 5) is 12.5. The molecule has 1 aromatic carbocycles. The number of amides is 1. The minimum absolute atomic E-state index is 0. The van der Waals surface area contributed by atoms with Gasteiger partial charge in [0.1, 0.15) is 0 Å². The maximum absolute atomic E-state index is 12.5. The lowest BCUT2D eigenvalue weighted by Crippen LogP contribution is -2.32. The summed E-state index contributed by atoms with van der Waals surface area (Å²) in [6.07, 6.45) is 2.92. The zero-order chi connectivity index (χ0) is 18.8. The van der Waals surface area contributed by atoms with Crippen LogP contribution in [0.15, 0.2) is 18.2 Å². The normalized spacial score (nSPS) is 15.8. The fourth-order valence-corrected chi connectivity index (χ4v) is 3.49. The molecular weight excluding hydrogens is 364 g/mol. The van der Waals surface area contributed by atoms with Crippen LogP contribution in [0.25, 0.3) is 0 Å². The molecule has 2 rings (SSSR count). The Labute approximate surface area is 170 Å². The van der Waals surface area contributed by atoms with Gasteiger partial charge in [-0.15, -0.1) is 12.4 Å². The third-order valence-corrected chi connectivity index (χ3v) is 5.25. The van der Waals surface area contributed by atoms with Gasteiger partial charge in [0.2, 0.25) is 5.91 Å². The van der Waals surface area contributed by atoms with Crippen molar-refractivity contribution in [2.24, 2.45) is 11.8 Å². The Balaban J connectivity index is 0.00000364. The van der Waals surface area contributed by atoms with Gasteiger partial charge in [-0.1, -0.05) is 19.1 Å². The zero-order valence-electron chi connectivity index (χ0n) is 16.9. The van der Waals surface area contributed by atoms with Crippen molar-refractivity contribution in [3.63, 3.8) is 0 Å². The average molecular weight is 399 g/mol. The van der Waals surface area contributed by atoms with Crippen LogP contribution in [-0.4, -0.2) is 38.8 Å². The molecule has 0 radical (unpaired) electrons. The number of ether oxygens (including phenoxy) is 2. The van der Waals surface area contributed by atoms with E-state index >= 15 is 0 Å². The first-order chi connectivity index (χ1) is 12.6. The van der Waals surface area contributed by atoms with Gasteiger partial charge in [-0.2, -0.15) is 0 Å². The van der Waals surface area contributed by atoms with Gasteiger partial charge in [-0.3, -0.25) is 4.79 Å². The molecule has 1 heterocycles. The lowest BCUT2D eigenvalue weighted by molar-refractivity contribution is -0.117. The monoisotopic (exact) mass is 398 g/mol. The molecule has 1 aliphatic heterocycles. The molecule has 0 saturated carbocycles. The van der Waals surface area contributed by atoms with Crippen LogP contribution in [0.1, 0.15) is 44.2 Å². The van der Waals surface area contributed by atoms with E-state index in [1.807, 2.05) is 32.0 Å². The summed E-state index contributed by atoms with van der Waals surface area (Å²) in [5, 5.41) is 6.48. The molecule has 1 atom stereocenters. The Morgan fingerprint density at radius 2 is 1.96 bits per heavy atom. The SMILES string of the molecule is CCOCCOCc1cccc(NC(=O)CC(C)C2CCNCC2)c1C.Cl. The Bertz CT molecular complexity index is 562. The van der Waals surface area contributed by atoms with Gasteiger partial charge in [0.15, 0.2) is 0 Å². The van der Waals surface area contributed by atoms with Crippen LogP contribution in [-0.2, 0) is 20.9 Å². The summed E-state index contributed by atoms with van der Waals surface area (Å²) in [5.74, 6) is 1.17. The quantitative estimate of drug-likeness (QED) is 0.586. The lowest BCUT2D eigenvalue weighted by Gasteiger charge is -2.28. The molecule has 0 bridgehead atoms. The van der Waals surface area contributed by atoms with Crippen molar-refractivity contribution in [1.82, 2.24) is 5.32 Å². The number of hydrogen-bond acceptors (Lipinski definition) is 4. The van der Waals surface area contributed by atoms with Crippen molar-refractivity contribution in [3.05, 3.63) is 29.3 Å². The molecule has 2 N–H and O–H groups in total. The van der Waals surface area contributed by atoms with E-state index in [0.717, 1.165) is 29.9 Å². The Hall–Kier alpha value is -1.14. The second-order valence-electron chi connectivity index (χ2n) is 7.16. The van der Waals surface area contributed by atoms with Crippen LogP contribution in [0.5, 0.6) is 0 Å². The van der Waals surface area contributed by atoms with Gasteiger partial charge in [-0.05, 0) is 68.8 Å². The van der Waals surface area contributed by atoms with Gasteiger partial charge in [-0.25, -0.2) is 0 Å². The number of carbonyl (C=O) groups excluding carboxylic acids is 1. The number of hydrogen-bond donors (Lipinski definition) is 2. The molecule has 1 saturated heterocycles. The first-order valence-corrected chi connectivity index (χ1v) is 9.86. The minimum atomic E-state index is 0. The average Bonchev–Trinajstić information content (AvgIpc) is 2.65. The molecule has 1 amide bonds. The van der Waals surface area contributed by atoms with Crippen molar-refractivity contribution in [3.8, 4) is 0 Å². The number of carbonyl (C=O) groups is 1. The highest BCUT2D eigenvalue weighted by molar-refractivity contribution is 5.91. The molecule has 0 spiro atoms. The topological polar surface area (TPSA) is 59.6 Å². The highest BCUT2D eigenvalue weighted by Gasteiger charge is 2.22. The summed E-state index contributed by atoms with van der Waals surface area (Å²) in [5.41, 5.74) is 3.07. The van der Waals surface area contributed by atoms with Gasteiger partial charge in [0, 0.05) is 18.7 Å². The lowest BCUT2D eigenvalue weighted by atomic mass is 9.84. The predicted octanol–water partition coefficient (Wildman–Crippen LogP) is 3.93. The Kier molecular flexibility index (Phi) is 11.6. The minimum Gasteiger partial charge on any atom is -0.379 e. The van der Waals surface area contributed by atoms with Crippen molar-refractivity contribution < 1.29 is 14.3 Å². The molecule has 5 nitrogen and oxygen atoms in total. The fraction of sp³-hybridized carbons (Fsp3) is 0.667. The summed E-state index contributed by atoms with van der Waals surface area (Å²) in [6, 6.07) is 5.98. The van der Waals surface area contributed by atoms with Crippen LogP contribution in [0.4, 0.5) is 5.69 Å². The Morgan fingerprint density at radius 1 is 1.26 bits per heavy atom. The third-order valence-electron chi connectivity index (χ3n) is 5.25. The largest absolute Gasteiger partial charge is 0.379 e. The number of benzene rings is 1. The van der Waals surface area contributed by atoms with E-state index in [-0.39, 0.29) is 18.3 Å². The first-order valence-electron chi connectivity index (χ1n) is 9.86. The summed E-state index contributed by atoms with van der Waals surface area (Å²) in [7, 11) is 0. The van der Waals surface area contributed by atoms with Crippen molar-refractivity contribution in [2.75, 3.05) is 38.2 Å². The van der Waals surface area contributed by atoms with Crippen molar-refractivity contribution in [2.45, 2.75) is 46.6 Å². The molecule has 1 aliphatic rings. The highest BCUT2D eigenvalue weighted by Crippen LogP contribution is 2.25. The van der Waals surface area contributed by atoms with E-state index in [0.29, 0.717) is 44.7 Å². The fourth-order valence-electron chi connectivity index (χ4n) is 3.49. The van der Waals surface area contributed by atoms with E-state index in [4.69, 9.17) is 9.47 Å². The molecule has 154 valence electrons. The summed E-state index contributed by atoms with van der Waals surface area (Å²) < 4.78 is 10.9. The zero-order valence-corrected chi connectivity index (χ0v) is 17.7. The number of rotatable bonds is 10. The maximum Gasteiger partial charge on any atom is 0.224 e. The summed E-state index contributed by atoms with van der Waals surface area (Å²) >= 11 is 0. The second kappa shape index (κ2) is 13.1. The number of halogens is 1. The molecular formula is C21H35ClN2O3. The molecule has 1 fully saturated rings. The number of nitrogens with one attached hydrogen (secondary N) is 2. The predicted molar refractivity (Wildman–Crippen MR) is 113 cm³/mol. The van der Waals surface area contributed by atoms with Crippen LogP contribution in [0.3, 0.4) is 0 Å². The van der Waals surface area contributed by atoms with Crippen LogP contribution >= 0.6 is 12.4 Å². The van der Waals surface area contributed by atoms with E-state index in [1.54, 1.807) is 0 Å². The molecule has 1 unspecified atom stereocenters. The summed E-state index contributed by atoms with van der Waals surface area (Å²) in [6.45, 7) is 10.8. The molecule has 0 aromatic heterocycles. The molecule has 1 aromatic rings. The third kappa shape index (κ3) is 8.18. The molecule has 6 heteroatoms. The van der Waals surface area contributed by atoms with Crippen LogP contribution < -0.4 is 10.6 Å². The number of anilines is 1. The smallest absolute Gasteiger partial charge is 0.224 e. The maximum atomic E-state index is 12.5. The van der Waals surface area contributed by atoms with Gasteiger partial charge in [0.05, 0.1) is 19.8 Å². The first kappa shape index (κ1) is 23.9. The second-order valence-corrected chi connectivity index (χ2v) is 7.16. The van der Waals surface area contributed by atoms with E-state index in [2.05, 4.69) is 17.6 Å². The standard InChI is InChI=1S/C21H34N2O3.ClH/c1-4-25-12-13-26-15-19-6-5-7-20(17(19)3)23-21(24)14-16(2)18-8-10-22-11-9-18;/h5-7,16,18,22H,4,8-15H2,1-3H3,(H,23,24);1H. The van der Waals surface area contributed by atoms with Crippen LogP contribution in [0.2, 0.25) is 0 Å². The number of piperidine rings is 1. The van der Waals surface area contributed by atoms with E-state index in [1.165, 1.54) is 12.8 Å². The van der Waals surface area contributed by atoms with E-state index < -0.39 is 0 Å².